The number of hydrogen-bond donors (Lipinski definition) is 1. The second-order valence-electron chi connectivity index (χ2n) is 7.71. The molecule has 0 saturated heterocycles. The molecule has 0 spiro atoms. The Hall–Kier alpha value is -2.29. The van der Waals surface area contributed by atoms with Crippen LogP contribution in [0.25, 0.3) is 0 Å². The Morgan fingerprint density at radius 1 is 0.821 bits per heavy atom. The number of anilines is 1. The number of nitrogens with one attached hydrogen (secondary N) is 1. The number of fused-ring (bicyclic) bond motifs is 1. The van der Waals surface area contributed by atoms with Gasteiger partial charge in [-0.05, 0) is 46.4 Å². The minimum atomic E-state index is -0.151. The Bertz CT molecular complexity index is 1050. The topological polar surface area (TPSA) is 29.1 Å². The van der Waals surface area contributed by atoms with Crippen LogP contribution in [0.3, 0.4) is 0 Å². The fourth-order valence-electron chi connectivity index (χ4n) is 5.15. The van der Waals surface area contributed by atoms with Crippen molar-refractivity contribution in [3.63, 3.8) is 0 Å². The molecule has 0 aliphatic heterocycles. The fraction of sp³-hybridized carbons (Fsp3) is 0.208. The van der Waals surface area contributed by atoms with Crippen LogP contribution < -0.4 is 5.32 Å². The summed E-state index contributed by atoms with van der Waals surface area (Å²) in [5.41, 5.74) is 5.85. The van der Waals surface area contributed by atoms with Gasteiger partial charge in [-0.3, -0.25) is 4.79 Å². The van der Waals surface area contributed by atoms with Crippen molar-refractivity contribution in [1.82, 2.24) is 0 Å². The van der Waals surface area contributed by atoms with Gasteiger partial charge < -0.3 is 5.32 Å². The van der Waals surface area contributed by atoms with Crippen molar-refractivity contribution in [3.05, 3.63) is 99.0 Å². The molecular weight excluding hydrogens is 389 g/mol. The standard InChI is InChI=1S/C24H19Cl2NO/c1-13-21-15-6-2-4-8-17(15)23(18-9-5-3-7-16(18)21)22(13)24(28)27-20-11-10-14(25)12-19(20)26/h2-13,21-23H,1H3,(H,27,28). The summed E-state index contributed by atoms with van der Waals surface area (Å²) >= 11 is 12.3. The maximum absolute atomic E-state index is 13.4. The molecule has 3 aliphatic rings. The molecule has 4 heteroatoms. The number of halogens is 2. The monoisotopic (exact) mass is 407 g/mol. The van der Waals surface area contributed by atoms with Gasteiger partial charge in [-0.15, -0.1) is 0 Å². The lowest BCUT2D eigenvalue weighted by Gasteiger charge is -2.49. The zero-order chi connectivity index (χ0) is 19.4. The third-order valence-electron chi connectivity index (χ3n) is 6.28. The molecule has 28 heavy (non-hydrogen) atoms. The van der Waals surface area contributed by atoms with E-state index in [0.717, 1.165) is 0 Å². The van der Waals surface area contributed by atoms with Gasteiger partial charge in [0.15, 0.2) is 0 Å². The van der Waals surface area contributed by atoms with E-state index in [0.29, 0.717) is 15.7 Å². The molecule has 2 nitrogen and oxygen atoms in total. The number of rotatable bonds is 2. The molecule has 2 atom stereocenters. The maximum Gasteiger partial charge on any atom is 0.228 e. The molecule has 0 saturated carbocycles. The van der Waals surface area contributed by atoms with Crippen molar-refractivity contribution < 1.29 is 4.79 Å². The maximum atomic E-state index is 13.4. The first kappa shape index (κ1) is 17.8. The van der Waals surface area contributed by atoms with Crippen LogP contribution in [0.15, 0.2) is 66.7 Å². The molecule has 3 aliphatic carbocycles. The minimum absolute atomic E-state index is 0.00993. The Kier molecular flexibility index (Phi) is 4.22. The van der Waals surface area contributed by atoms with E-state index in [-0.39, 0.29) is 29.6 Å². The molecule has 0 fully saturated rings. The number of carbonyl (C=O) groups excluding carboxylic acids is 1. The van der Waals surface area contributed by atoms with E-state index in [9.17, 15) is 4.79 Å². The summed E-state index contributed by atoms with van der Waals surface area (Å²) in [4.78, 5) is 13.4. The van der Waals surface area contributed by atoms with Crippen LogP contribution in [0.4, 0.5) is 5.69 Å². The van der Waals surface area contributed by atoms with Crippen LogP contribution in [-0.2, 0) is 4.79 Å². The summed E-state index contributed by atoms with van der Waals surface area (Å²) in [6.07, 6.45) is 0. The highest BCUT2D eigenvalue weighted by Gasteiger charge is 2.50. The summed E-state index contributed by atoms with van der Waals surface area (Å²) in [5, 5.41) is 4.06. The lowest BCUT2D eigenvalue weighted by atomic mass is 9.54. The Balaban J connectivity index is 1.59. The largest absolute Gasteiger partial charge is 0.324 e. The lowest BCUT2D eigenvalue weighted by molar-refractivity contribution is -0.122. The average molecular weight is 408 g/mol. The molecule has 0 aromatic heterocycles. The van der Waals surface area contributed by atoms with Crippen LogP contribution >= 0.6 is 23.2 Å². The zero-order valence-corrected chi connectivity index (χ0v) is 16.8. The first-order valence-corrected chi connectivity index (χ1v) is 10.3. The summed E-state index contributed by atoms with van der Waals surface area (Å²) < 4.78 is 0. The third kappa shape index (κ3) is 2.59. The minimum Gasteiger partial charge on any atom is -0.324 e. The molecule has 3 aromatic rings. The normalized spacial score (nSPS) is 24.4. The smallest absolute Gasteiger partial charge is 0.228 e. The van der Waals surface area contributed by atoms with Crippen molar-refractivity contribution in [2.24, 2.45) is 11.8 Å². The highest BCUT2D eigenvalue weighted by atomic mass is 35.5. The molecule has 2 unspecified atom stereocenters. The summed E-state index contributed by atoms with van der Waals surface area (Å²) in [5.74, 6) is 0.338. The van der Waals surface area contributed by atoms with E-state index in [1.54, 1.807) is 18.2 Å². The molecule has 2 bridgehead atoms. The average Bonchev–Trinajstić information content (AvgIpc) is 2.70. The Morgan fingerprint density at radius 2 is 1.36 bits per heavy atom. The third-order valence-corrected chi connectivity index (χ3v) is 6.82. The quantitative estimate of drug-likeness (QED) is 0.517. The molecule has 6 rings (SSSR count). The Morgan fingerprint density at radius 3 is 1.89 bits per heavy atom. The van der Waals surface area contributed by atoms with Gasteiger partial charge in [0, 0.05) is 16.9 Å². The van der Waals surface area contributed by atoms with Crippen molar-refractivity contribution in [2.45, 2.75) is 18.8 Å². The van der Waals surface area contributed by atoms with Crippen LogP contribution in [0, 0.1) is 11.8 Å². The van der Waals surface area contributed by atoms with Crippen LogP contribution in [0.5, 0.6) is 0 Å². The van der Waals surface area contributed by atoms with Gasteiger partial charge in [-0.1, -0.05) is 78.7 Å². The molecule has 3 aromatic carbocycles. The van der Waals surface area contributed by atoms with Crippen LogP contribution in [0.1, 0.15) is 41.0 Å². The van der Waals surface area contributed by atoms with Crippen LogP contribution in [0.2, 0.25) is 10.0 Å². The van der Waals surface area contributed by atoms with E-state index in [1.165, 1.54) is 22.3 Å². The Labute approximate surface area is 174 Å². The van der Waals surface area contributed by atoms with Gasteiger partial charge in [-0.25, -0.2) is 0 Å². The molecule has 1 N–H and O–H groups in total. The van der Waals surface area contributed by atoms with E-state index in [2.05, 4.69) is 60.8 Å². The SMILES string of the molecule is CC1C2c3ccccc3C(c3ccccc32)C1C(=O)Nc1ccc(Cl)cc1Cl. The van der Waals surface area contributed by atoms with Crippen LogP contribution in [-0.4, -0.2) is 5.91 Å². The summed E-state index contributed by atoms with van der Waals surface area (Å²) in [7, 11) is 0. The lowest BCUT2D eigenvalue weighted by Crippen LogP contribution is -2.44. The number of carbonyl (C=O) groups is 1. The van der Waals surface area contributed by atoms with E-state index in [4.69, 9.17) is 23.2 Å². The summed E-state index contributed by atoms with van der Waals surface area (Å²) in [6, 6.07) is 22.2. The van der Waals surface area contributed by atoms with Crippen molar-refractivity contribution in [1.29, 1.82) is 0 Å². The molecule has 0 heterocycles. The highest BCUT2D eigenvalue weighted by Crippen LogP contribution is 2.58. The number of benzene rings is 3. The number of amides is 1. The van der Waals surface area contributed by atoms with Gasteiger partial charge in [0.2, 0.25) is 5.91 Å². The molecule has 1 amide bonds. The van der Waals surface area contributed by atoms with Crippen molar-refractivity contribution >= 4 is 34.8 Å². The second-order valence-corrected chi connectivity index (χ2v) is 8.56. The first-order valence-electron chi connectivity index (χ1n) is 9.50. The van der Waals surface area contributed by atoms with Gasteiger partial charge >= 0.3 is 0 Å². The molecule has 0 radical (unpaired) electrons. The van der Waals surface area contributed by atoms with Gasteiger partial charge in [-0.2, -0.15) is 0 Å². The fourth-order valence-corrected chi connectivity index (χ4v) is 5.61. The van der Waals surface area contributed by atoms with Crippen molar-refractivity contribution in [2.75, 3.05) is 5.32 Å². The van der Waals surface area contributed by atoms with E-state index >= 15 is 0 Å². The van der Waals surface area contributed by atoms with E-state index in [1.807, 2.05) is 0 Å². The zero-order valence-electron chi connectivity index (χ0n) is 15.3. The van der Waals surface area contributed by atoms with Gasteiger partial charge in [0.05, 0.1) is 16.6 Å². The van der Waals surface area contributed by atoms with Crippen molar-refractivity contribution in [3.8, 4) is 0 Å². The van der Waals surface area contributed by atoms with E-state index < -0.39 is 0 Å². The predicted octanol–water partition coefficient (Wildman–Crippen LogP) is 6.48. The highest BCUT2D eigenvalue weighted by molar-refractivity contribution is 6.36. The van der Waals surface area contributed by atoms with Gasteiger partial charge in [0.25, 0.3) is 0 Å². The summed E-state index contributed by atoms with van der Waals surface area (Å²) in [6.45, 7) is 2.19. The molecular formula is C24H19Cl2NO. The molecule has 140 valence electrons. The second kappa shape index (κ2) is 6.65. The van der Waals surface area contributed by atoms with Gasteiger partial charge in [0.1, 0.15) is 0 Å². The first-order chi connectivity index (χ1) is 13.6. The number of hydrogen-bond acceptors (Lipinski definition) is 1. The predicted molar refractivity (Wildman–Crippen MR) is 114 cm³/mol.